The maximum Gasteiger partial charge on any atom is 0.260 e. The number of imidazole rings is 1. The van der Waals surface area contributed by atoms with E-state index in [1.807, 2.05) is 6.92 Å². The minimum absolute atomic E-state index is 0. The first-order valence-electron chi connectivity index (χ1n) is 7.30. The average Bonchev–Trinajstić information content (AvgIpc) is 3.08. The van der Waals surface area contributed by atoms with Crippen LogP contribution in [0, 0.1) is 5.41 Å². The van der Waals surface area contributed by atoms with Crippen LogP contribution in [0.25, 0.3) is 0 Å². The van der Waals surface area contributed by atoms with Gasteiger partial charge in [-0.3, -0.25) is 0 Å². The van der Waals surface area contributed by atoms with E-state index in [-0.39, 0.29) is 35.3 Å². The number of nitrogens with zero attached hydrogens (tertiary/aromatic N) is 2. The molecule has 0 radical (unpaired) electrons. The number of piperidine rings is 1. The number of aryl methyl sites for hydroxylation is 1. The number of H-pyrrole nitrogens is 1. The molecule has 2 aliphatic rings. The number of sulfonamides is 1. The molecular weight excluding hydrogens is 347 g/mol. The number of aromatic amines is 1. The van der Waals surface area contributed by atoms with Crippen LogP contribution in [0.2, 0.25) is 0 Å². The van der Waals surface area contributed by atoms with Gasteiger partial charge in [-0.05, 0) is 31.2 Å². The highest BCUT2D eigenvalue weighted by Gasteiger charge is 2.42. The molecule has 3 heterocycles. The van der Waals surface area contributed by atoms with Crippen LogP contribution in [-0.2, 0) is 16.4 Å². The second-order valence-electron chi connectivity index (χ2n) is 5.92. The van der Waals surface area contributed by atoms with Gasteiger partial charge in [0.2, 0.25) is 0 Å². The molecule has 0 saturated carbocycles. The van der Waals surface area contributed by atoms with Crippen molar-refractivity contribution in [3.05, 3.63) is 12.0 Å². The molecule has 0 aromatic carbocycles. The molecule has 1 unspecified atom stereocenters. The molecule has 6 nitrogen and oxygen atoms in total. The first-order valence-corrected chi connectivity index (χ1v) is 8.75. The highest BCUT2D eigenvalue weighted by atomic mass is 35.5. The van der Waals surface area contributed by atoms with E-state index in [9.17, 15) is 8.42 Å². The van der Waals surface area contributed by atoms with Gasteiger partial charge in [0, 0.05) is 26.1 Å². The highest BCUT2D eigenvalue weighted by molar-refractivity contribution is 7.89. The fourth-order valence-corrected chi connectivity index (χ4v) is 4.83. The monoisotopic (exact) mass is 370 g/mol. The summed E-state index contributed by atoms with van der Waals surface area (Å²) in [5, 5.41) is 3.60. The Morgan fingerprint density at radius 2 is 2.14 bits per heavy atom. The van der Waals surface area contributed by atoms with E-state index in [0.29, 0.717) is 19.5 Å². The summed E-state index contributed by atoms with van der Waals surface area (Å²) >= 11 is 0. The summed E-state index contributed by atoms with van der Waals surface area (Å²) in [4.78, 5) is 7.03. The Hall–Kier alpha value is -0.340. The Morgan fingerprint density at radius 3 is 2.73 bits per heavy atom. The third kappa shape index (κ3) is 3.59. The molecule has 2 N–H and O–H groups in total. The van der Waals surface area contributed by atoms with Crippen molar-refractivity contribution in [2.75, 3.05) is 26.2 Å². The molecule has 22 heavy (non-hydrogen) atoms. The molecule has 1 aromatic rings. The molecule has 1 atom stereocenters. The standard InChI is InChI=1S/C13H22N4O2S.2ClH/c1-2-11-15-8-12(16-11)20(18,19)17-7-3-4-13(10-17)5-6-14-9-13;;/h8,14H,2-7,9-10H2,1H3,(H,15,16);2*1H. The number of rotatable bonds is 3. The van der Waals surface area contributed by atoms with Gasteiger partial charge in [0.1, 0.15) is 5.82 Å². The lowest BCUT2D eigenvalue weighted by molar-refractivity contribution is 0.166. The van der Waals surface area contributed by atoms with Crippen LogP contribution in [-0.4, -0.2) is 48.9 Å². The molecule has 0 amide bonds. The molecule has 1 spiro atoms. The van der Waals surface area contributed by atoms with Crippen LogP contribution >= 0.6 is 24.8 Å². The summed E-state index contributed by atoms with van der Waals surface area (Å²) in [5.41, 5.74) is 0.138. The maximum atomic E-state index is 12.7. The van der Waals surface area contributed by atoms with Crippen molar-refractivity contribution in [3.63, 3.8) is 0 Å². The molecule has 2 saturated heterocycles. The summed E-state index contributed by atoms with van der Waals surface area (Å²) in [5.74, 6) is 0.720. The highest BCUT2D eigenvalue weighted by Crippen LogP contribution is 2.37. The van der Waals surface area contributed by atoms with Gasteiger partial charge in [0.25, 0.3) is 10.0 Å². The fraction of sp³-hybridized carbons (Fsp3) is 0.769. The van der Waals surface area contributed by atoms with E-state index < -0.39 is 10.0 Å². The Bertz CT molecular complexity index is 585. The van der Waals surface area contributed by atoms with Crippen molar-refractivity contribution in [1.29, 1.82) is 0 Å². The molecular formula is C13H24Cl2N4O2S. The Labute approximate surface area is 144 Å². The van der Waals surface area contributed by atoms with Crippen LogP contribution < -0.4 is 5.32 Å². The third-order valence-electron chi connectivity index (χ3n) is 4.52. The van der Waals surface area contributed by atoms with Crippen molar-refractivity contribution in [1.82, 2.24) is 19.6 Å². The van der Waals surface area contributed by atoms with Crippen molar-refractivity contribution in [3.8, 4) is 0 Å². The van der Waals surface area contributed by atoms with Gasteiger partial charge < -0.3 is 10.3 Å². The molecule has 128 valence electrons. The Kier molecular flexibility index (Phi) is 6.71. The molecule has 3 rings (SSSR count). The number of hydrogen-bond donors (Lipinski definition) is 2. The molecule has 0 aliphatic carbocycles. The minimum Gasteiger partial charge on any atom is -0.332 e. The third-order valence-corrected chi connectivity index (χ3v) is 6.27. The van der Waals surface area contributed by atoms with Crippen molar-refractivity contribution in [2.24, 2.45) is 5.41 Å². The van der Waals surface area contributed by atoms with Crippen LogP contribution in [0.1, 0.15) is 32.0 Å². The van der Waals surface area contributed by atoms with Crippen molar-refractivity contribution in [2.45, 2.75) is 37.6 Å². The normalized spacial score (nSPS) is 25.7. The number of halogens is 2. The fourth-order valence-electron chi connectivity index (χ4n) is 3.30. The van der Waals surface area contributed by atoms with E-state index in [1.54, 1.807) is 4.31 Å². The van der Waals surface area contributed by atoms with Gasteiger partial charge in [-0.1, -0.05) is 6.92 Å². The lowest BCUT2D eigenvalue weighted by Crippen LogP contribution is -2.47. The summed E-state index contributed by atoms with van der Waals surface area (Å²) in [6.07, 6.45) is 5.29. The molecule has 2 aliphatic heterocycles. The van der Waals surface area contributed by atoms with E-state index in [1.165, 1.54) is 6.20 Å². The van der Waals surface area contributed by atoms with Gasteiger partial charge in [0.15, 0.2) is 5.03 Å². The molecule has 9 heteroatoms. The smallest absolute Gasteiger partial charge is 0.260 e. The van der Waals surface area contributed by atoms with Crippen LogP contribution in [0.3, 0.4) is 0 Å². The Morgan fingerprint density at radius 1 is 1.36 bits per heavy atom. The molecule has 0 bridgehead atoms. The van der Waals surface area contributed by atoms with Crippen molar-refractivity contribution >= 4 is 34.8 Å². The lowest BCUT2D eigenvalue weighted by Gasteiger charge is -2.38. The number of aromatic nitrogens is 2. The van der Waals surface area contributed by atoms with Crippen LogP contribution in [0.4, 0.5) is 0 Å². The van der Waals surface area contributed by atoms with E-state index in [2.05, 4.69) is 15.3 Å². The minimum atomic E-state index is -3.43. The van der Waals surface area contributed by atoms with Gasteiger partial charge in [0.05, 0.1) is 6.20 Å². The largest absolute Gasteiger partial charge is 0.332 e. The second kappa shape index (κ2) is 7.49. The zero-order valence-electron chi connectivity index (χ0n) is 12.7. The predicted molar refractivity (Wildman–Crippen MR) is 90.4 cm³/mol. The van der Waals surface area contributed by atoms with E-state index in [4.69, 9.17) is 0 Å². The lowest BCUT2D eigenvalue weighted by atomic mass is 9.80. The average molecular weight is 371 g/mol. The summed E-state index contributed by atoms with van der Waals surface area (Å²) in [6, 6.07) is 0. The summed E-state index contributed by atoms with van der Waals surface area (Å²) < 4.78 is 27.0. The van der Waals surface area contributed by atoms with Gasteiger partial charge in [-0.25, -0.2) is 13.4 Å². The van der Waals surface area contributed by atoms with E-state index >= 15 is 0 Å². The summed E-state index contributed by atoms with van der Waals surface area (Å²) in [6.45, 7) is 5.13. The maximum absolute atomic E-state index is 12.7. The van der Waals surface area contributed by atoms with Gasteiger partial charge in [-0.15, -0.1) is 24.8 Å². The zero-order valence-corrected chi connectivity index (χ0v) is 15.1. The zero-order chi connectivity index (χ0) is 14.2. The van der Waals surface area contributed by atoms with Gasteiger partial charge in [-0.2, -0.15) is 4.31 Å². The van der Waals surface area contributed by atoms with Crippen molar-refractivity contribution < 1.29 is 8.42 Å². The molecule has 2 fully saturated rings. The number of hydrogen-bond acceptors (Lipinski definition) is 4. The van der Waals surface area contributed by atoms with E-state index in [0.717, 1.165) is 38.2 Å². The van der Waals surface area contributed by atoms with Gasteiger partial charge >= 0.3 is 0 Å². The SMILES string of the molecule is CCc1ncc(S(=O)(=O)N2CCCC3(CCNC3)C2)[nH]1.Cl.Cl. The first-order chi connectivity index (χ1) is 9.56. The first kappa shape index (κ1) is 19.7. The summed E-state index contributed by atoms with van der Waals surface area (Å²) in [7, 11) is -3.43. The molecule has 1 aromatic heterocycles. The Balaban J connectivity index is 0.00000121. The quantitative estimate of drug-likeness (QED) is 0.846. The van der Waals surface area contributed by atoms with Crippen LogP contribution in [0.5, 0.6) is 0 Å². The van der Waals surface area contributed by atoms with Crippen LogP contribution in [0.15, 0.2) is 11.2 Å². The predicted octanol–water partition coefficient (Wildman–Crippen LogP) is 1.58. The second-order valence-corrected chi connectivity index (χ2v) is 7.82. The number of nitrogens with one attached hydrogen (secondary N) is 2. The topological polar surface area (TPSA) is 78.1 Å².